The number of anilines is 1. The van der Waals surface area contributed by atoms with E-state index in [4.69, 9.17) is 0 Å². The van der Waals surface area contributed by atoms with Crippen LogP contribution in [-0.2, 0) is 4.79 Å². The molecule has 0 aliphatic rings. The van der Waals surface area contributed by atoms with Crippen molar-refractivity contribution in [1.29, 1.82) is 0 Å². The Hall–Kier alpha value is -2.90. The van der Waals surface area contributed by atoms with E-state index in [1.54, 1.807) is 6.20 Å². The minimum atomic E-state index is -0.0967. The third-order valence-electron chi connectivity index (χ3n) is 4.17. The number of nitrogens with one attached hydrogen (secondary N) is 1. The highest BCUT2D eigenvalue weighted by molar-refractivity contribution is 7.99. The lowest BCUT2D eigenvalue weighted by Crippen LogP contribution is -2.14. The minimum Gasteiger partial charge on any atom is -0.301 e. The second-order valence-corrected chi connectivity index (χ2v) is 7.93. The predicted molar refractivity (Wildman–Crippen MR) is 115 cm³/mol. The molecule has 28 heavy (non-hydrogen) atoms. The Bertz CT molecular complexity index is 1080. The summed E-state index contributed by atoms with van der Waals surface area (Å²) in [5, 5.41) is 6.03. The highest BCUT2D eigenvalue weighted by atomic mass is 32.2. The normalized spacial score (nSPS) is 10.8. The number of para-hydroxylation sites is 1. The first-order valence-corrected chi connectivity index (χ1v) is 10.6. The summed E-state index contributed by atoms with van der Waals surface area (Å²) in [5.41, 5.74) is 4.28. The molecule has 0 radical (unpaired) electrons. The lowest BCUT2D eigenvalue weighted by atomic mass is 10.1. The Morgan fingerprint density at radius 2 is 1.89 bits per heavy atom. The van der Waals surface area contributed by atoms with Crippen molar-refractivity contribution in [3.8, 4) is 16.9 Å². The van der Waals surface area contributed by atoms with E-state index in [2.05, 4.69) is 51.0 Å². The Morgan fingerprint density at radius 3 is 2.64 bits per heavy atom. The number of aryl methyl sites for hydroxylation is 1. The molecule has 0 aliphatic heterocycles. The summed E-state index contributed by atoms with van der Waals surface area (Å²) in [5.74, 6) is 0.164. The summed E-state index contributed by atoms with van der Waals surface area (Å²) >= 11 is 2.82. The van der Waals surface area contributed by atoms with Crippen molar-refractivity contribution in [2.75, 3.05) is 11.1 Å². The fraction of sp³-hybridized carbons (Fsp3) is 0.0952. The summed E-state index contributed by atoms with van der Waals surface area (Å²) in [6.45, 7) is 2.08. The van der Waals surface area contributed by atoms with Crippen molar-refractivity contribution in [1.82, 2.24) is 14.5 Å². The lowest BCUT2D eigenvalue weighted by Gasteiger charge is -2.14. The van der Waals surface area contributed by atoms with E-state index in [0.717, 1.165) is 27.7 Å². The molecule has 0 aliphatic carbocycles. The predicted octanol–water partition coefficient (Wildman–Crippen LogP) is 5.04. The number of hydrogen-bond donors (Lipinski definition) is 1. The van der Waals surface area contributed by atoms with Crippen molar-refractivity contribution in [2.45, 2.75) is 12.1 Å². The Balaban J connectivity index is 1.65. The molecule has 0 saturated carbocycles. The monoisotopic (exact) mass is 406 g/mol. The maximum Gasteiger partial charge on any atom is 0.236 e. The molecule has 0 unspecified atom stereocenters. The fourth-order valence-electron chi connectivity index (χ4n) is 2.87. The van der Waals surface area contributed by atoms with Gasteiger partial charge in [0.15, 0.2) is 10.3 Å². The molecular weight excluding hydrogens is 388 g/mol. The third kappa shape index (κ3) is 4.00. The molecule has 0 saturated heterocycles. The van der Waals surface area contributed by atoms with Gasteiger partial charge in [-0.15, -0.1) is 11.3 Å². The van der Waals surface area contributed by atoms with Crippen LogP contribution in [0, 0.1) is 6.92 Å². The van der Waals surface area contributed by atoms with Crippen LogP contribution in [0.25, 0.3) is 16.9 Å². The van der Waals surface area contributed by atoms with Crippen molar-refractivity contribution in [3.63, 3.8) is 0 Å². The molecule has 2 aromatic carbocycles. The Labute approximate surface area is 171 Å². The van der Waals surface area contributed by atoms with Crippen LogP contribution in [0.1, 0.15) is 5.56 Å². The van der Waals surface area contributed by atoms with Crippen molar-refractivity contribution >= 4 is 34.1 Å². The van der Waals surface area contributed by atoms with Crippen molar-refractivity contribution < 1.29 is 4.79 Å². The number of imidazole rings is 1. The molecule has 0 bridgehead atoms. The fourth-order valence-corrected chi connectivity index (χ4v) is 4.20. The Kier molecular flexibility index (Phi) is 5.55. The van der Waals surface area contributed by atoms with Crippen LogP contribution < -0.4 is 5.32 Å². The molecule has 140 valence electrons. The topological polar surface area (TPSA) is 59.8 Å². The van der Waals surface area contributed by atoms with Crippen LogP contribution in [0.3, 0.4) is 0 Å². The van der Waals surface area contributed by atoms with E-state index in [0.29, 0.717) is 5.13 Å². The highest BCUT2D eigenvalue weighted by Crippen LogP contribution is 2.31. The summed E-state index contributed by atoms with van der Waals surface area (Å²) < 4.78 is 2.12. The number of thioether (sulfide) groups is 1. The molecule has 1 amide bonds. The van der Waals surface area contributed by atoms with E-state index in [9.17, 15) is 4.79 Å². The van der Waals surface area contributed by atoms with Gasteiger partial charge < -0.3 is 5.32 Å². The number of nitrogens with zero attached hydrogens (tertiary/aromatic N) is 3. The average Bonchev–Trinajstić information content (AvgIpc) is 3.37. The van der Waals surface area contributed by atoms with E-state index < -0.39 is 0 Å². The van der Waals surface area contributed by atoms with E-state index in [1.807, 2.05) is 41.9 Å². The average molecular weight is 407 g/mol. The SMILES string of the molecule is Cc1ccccc1-n1c(-c2ccccc2)cnc1SCC(=O)Nc1nccs1. The molecule has 7 heteroatoms. The standard InChI is InChI=1S/C21H18N4OS2/c1-15-7-5-6-10-17(15)25-18(16-8-3-2-4-9-16)13-23-21(25)28-14-19(26)24-20-22-11-12-27-20/h2-13H,14H2,1H3,(H,22,24,26). The molecule has 4 aromatic rings. The van der Waals surface area contributed by atoms with Gasteiger partial charge in [-0.1, -0.05) is 60.3 Å². The number of hydrogen-bond acceptors (Lipinski definition) is 5. The molecule has 1 N–H and O–H groups in total. The second kappa shape index (κ2) is 8.41. The molecule has 5 nitrogen and oxygen atoms in total. The summed E-state index contributed by atoms with van der Waals surface area (Å²) in [4.78, 5) is 21.0. The second-order valence-electron chi connectivity index (χ2n) is 6.09. The maximum atomic E-state index is 12.3. The van der Waals surface area contributed by atoms with Crippen LogP contribution in [-0.4, -0.2) is 26.2 Å². The minimum absolute atomic E-state index is 0.0967. The number of benzene rings is 2. The third-order valence-corrected chi connectivity index (χ3v) is 5.81. The van der Waals surface area contributed by atoms with Crippen molar-refractivity contribution in [2.24, 2.45) is 0 Å². The van der Waals surface area contributed by atoms with E-state index in [1.165, 1.54) is 23.1 Å². The van der Waals surface area contributed by atoms with Gasteiger partial charge in [-0.3, -0.25) is 9.36 Å². The molecule has 4 rings (SSSR count). The highest BCUT2D eigenvalue weighted by Gasteiger charge is 2.16. The summed E-state index contributed by atoms with van der Waals surface area (Å²) in [6, 6.07) is 18.3. The number of amides is 1. The van der Waals surface area contributed by atoms with E-state index in [-0.39, 0.29) is 11.7 Å². The van der Waals surface area contributed by atoms with Crippen LogP contribution in [0.5, 0.6) is 0 Å². The molecule has 2 aromatic heterocycles. The first-order valence-electron chi connectivity index (χ1n) is 8.73. The van der Waals surface area contributed by atoms with Gasteiger partial charge in [0.2, 0.25) is 5.91 Å². The van der Waals surface area contributed by atoms with Gasteiger partial charge in [0.25, 0.3) is 0 Å². The molecule has 0 fully saturated rings. The Morgan fingerprint density at radius 1 is 1.11 bits per heavy atom. The van der Waals surface area contributed by atoms with Crippen LogP contribution >= 0.6 is 23.1 Å². The first kappa shape index (κ1) is 18.5. The molecule has 2 heterocycles. The number of carbonyl (C=O) groups is 1. The molecular formula is C21H18N4OS2. The van der Waals surface area contributed by atoms with Gasteiger partial charge in [-0.25, -0.2) is 9.97 Å². The smallest absolute Gasteiger partial charge is 0.236 e. The first-order chi connectivity index (χ1) is 13.7. The largest absolute Gasteiger partial charge is 0.301 e. The van der Waals surface area contributed by atoms with Gasteiger partial charge in [0.05, 0.1) is 23.3 Å². The van der Waals surface area contributed by atoms with Crippen LogP contribution in [0.2, 0.25) is 0 Å². The van der Waals surface area contributed by atoms with Gasteiger partial charge in [0.1, 0.15) is 0 Å². The van der Waals surface area contributed by atoms with E-state index >= 15 is 0 Å². The quantitative estimate of drug-likeness (QED) is 0.456. The zero-order valence-electron chi connectivity index (χ0n) is 15.2. The van der Waals surface area contributed by atoms with Gasteiger partial charge in [-0.05, 0) is 18.6 Å². The zero-order chi connectivity index (χ0) is 19.3. The number of rotatable bonds is 6. The van der Waals surface area contributed by atoms with Crippen LogP contribution in [0.15, 0.2) is 77.5 Å². The van der Waals surface area contributed by atoms with Crippen LogP contribution in [0.4, 0.5) is 5.13 Å². The maximum absolute atomic E-state index is 12.3. The number of thiazole rings is 1. The summed E-state index contributed by atoms with van der Waals surface area (Å²) in [7, 11) is 0. The lowest BCUT2D eigenvalue weighted by molar-refractivity contribution is -0.113. The summed E-state index contributed by atoms with van der Waals surface area (Å²) in [6.07, 6.45) is 3.54. The molecule has 0 spiro atoms. The van der Waals surface area contributed by atoms with Gasteiger partial charge in [-0.2, -0.15) is 0 Å². The zero-order valence-corrected chi connectivity index (χ0v) is 16.8. The van der Waals surface area contributed by atoms with Crippen molar-refractivity contribution in [3.05, 3.63) is 77.9 Å². The van der Waals surface area contributed by atoms with Gasteiger partial charge >= 0.3 is 0 Å². The number of carbonyl (C=O) groups excluding carboxylic acids is 1. The number of aromatic nitrogens is 3. The molecule has 0 atom stereocenters. The van der Waals surface area contributed by atoms with Gasteiger partial charge in [0, 0.05) is 17.1 Å².